The highest BCUT2D eigenvalue weighted by atomic mass is 16.5. The van der Waals surface area contributed by atoms with Gasteiger partial charge >= 0.3 is 0 Å². The molecule has 15 heavy (non-hydrogen) atoms. The van der Waals surface area contributed by atoms with Crippen LogP contribution in [0.1, 0.15) is 25.1 Å². The first-order chi connectivity index (χ1) is 7.40. The summed E-state index contributed by atoms with van der Waals surface area (Å²) in [5.41, 5.74) is 0. The Morgan fingerprint density at radius 2 is 2.20 bits per heavy atom. The van der Waals surface area contributed by atoms with E-state index in [0.29, 0.717) is 12.1 Å². The van der Waals surface area contributed by atoms with Crippen molar-refractivity contribution in [2.24, 2.45) is 0 Å². The molecule has 82 valence electrons. The van der Waals surface area contributed by atoms with Crippen LogP contribution >= 0.6 is 0 Å². The Labute approximate surface area is 90.1 Å². The molecular formula is C11H17N3O. The number of hydrogen-bond acceptors (Lipinski definition) is 4. The number of methoxy groups -OCH3 is 1. The maximum atomic E-state index is 5.41. The van der Waals surface area contributed by atoms with Crippen LogP contribution in [0, 0.1) is 0 Å². The van der Waals surface area contributed by atoms with E-state index in [0.717, 1.165) is 18.8 Å². The summed E-state index contributed by atoms with van der Waals surface area (Å²) in [4.78, 5) is 8.35. The van der Waals surface area contributed by atoms with Gasteiger partial charge in [0.15, 0.2) is 0 Å². The van der Waals surface area contributed by atoms with Crippen LogP contribution < -0.4 is 5.32 Å². The molecule has 0 amide bonds. The topological polar surface area (TPSA) is 47.0 Å². The van der Waals surface area contributed by atoms with Crippen molar-refractivity contribution in [3.8, 4) is 0 Å². The van der Waals surface area contributed by atoms with Crippen LogP contribution in [0.25, 0.3) is 0 Å². The van der Waals surface area contributed by atoms with Gasteiger partial charge in [-0.05, 0) is 25.3 Å². The van der Waals surface area contributed by atoms with Crippen molar-refractivity contribution in [2.45, 2.75) is 38.0 Å². The smallest absolute Gasteiger partial charge is 0.141 e. The third-order valence-corrected chi connectivity index (χ3v) is 2.90. The molecule has 4 nitrogen and oxygen atoms in total. The van der Waals surface area contributed by atoms with E-state index in [4.69, 9.17) is 4.74 Å². The Kier molecular flexibility index (Phi) is 3.64. The Morgan fingerprint density at radius 1 is 1.40 bits per heavy atom. The highest BCUT2D eigenvalue weighted by molar-refractivity contribution is 4.90. The third-order valence-electron chi connectivity index (χ3n) is 2.90. The standard InChI is InChI=1S/C11H17N3O/c1-15-10-5-2-4-9(10)14-8-11-12-6-3-7-13-11/h3,6-7,9-10,14H,2,4-5,8H2,1H3. The molecule has 0 saturated heterocycles. The van der Waals surface area contributed by atoms with Gasteiger partial charge in [-0.15, -0.1) is 0 Å². The molecule has 0 aliphatic heterocycles. The van der Waals surface area contributed by atoms with Gasteiger partial charge in [0, 0.05) is 25.5 Å². The molecule has 2 unspecified atom stereocenters. The molecule has 1 aliphatic rings. The average Bonchev–Trinajstić information content (AvgIpc) is 2.75. The van der Waals surface area contributed by atoms with Crippen LogP contribution in [0.5, 0.6) is 0 Å². The minimum absolute atomic E-state index is 0.355. The lowest BCUT2D eigenvalue weighted by molar-refractivity contribution is 0.0845. The zero-order valence-electron chi connectivity index (χ0n) is 9.02. The lowest BCUT2D eigenvalue weighted by Gasteiger charge is -2.18. The van der Waals surface area contributed by atoms with E-state index in [1.54, 1.807) is 19.5 Å². The fourth-order valence-corrected chi connectivity index (χ4v) is 2.09. The number of ether oxygens (including phenoxy) is 1. The zero-order valence-corrected chi connectivity index (χ0v) is 9.02. The summed E-state index contributed by atoms with van der Waals surface area (Å²) in [6.45, 7) is 0.728. The van der Waals surface area contributed by atoms with Crippen molar-refractivity contribution >= 4 is 0 Å². The Hall–Kier alpha value is -1.00. The summed E-state index contributed by atoms with van der Waals surface area (Å²) in [5, 5.41) is 3.45. The summed E-state index contributed by atoms with van der Waals surface area (Å²) < 4.78 is 5.41. The summed E-state index contributed by atoms with van der Waals surface area (Å²) in [7, 11) is 1.78. The number of nitrogens with one attached hydrogen (secondary N) is 1. The number of nitrogens with zero attached hydrogens (tertiary/aromatic N) is 2. The lowest BCUT2D eigenvalue weighted by Crippen LogP contribution is -2.36. The van der Waals surface area contributed by atoms with E-state index in [-0.39, 0.29) is 0 Å². The van der Waals surface area contributed by atoms with E-state index in [9.17, 15) is 0 Å². The molecule has 0 radical (unpaired) electrons. The minimum Gasteiger partial charge on any atom is -0.380 e. The maximum Gasteiger partial charge on any atom is 0.141 e. The van der Waals surface area contributed by atoms with E-state index in [1.165, 1.54) is 12.8 Å². The molecule has 0 aromatic carbocycles. The van der Waals surface area contributed by atoms with E-state index in [2.05, 4.69) is 15.3 Å². The molecular weight excluding hydrogens is 190 g/mol. The minimum atomic E-state index is 0.355. The van der Waals surface area contributed by atoms with Gasteiger partial charge in [0.1, 0.15) is 5.82 Å². The predicted octanol–water partition coefficient (Wildman–Crippen LogP) is 1.13. The van der Waals surface area contributed by atoms with E-state index in [1.807, 2.05) is 6.07 Å². The number of hydrogen-bond donors (Lipinski definition) is 1. The zero-order chi connectivity index (χ0) is 10.5. The molecule has 0 spiro atoms. The molecule has 1 fully saturated rings. The molecule has 0 bridgehead atoms. The molecule has 1 heterocycles. The molecule has 4 heteroatoms. The van der Waals surface area contributed by atoms with Crippen molar-refractivity contribution in [2.75, 3.05) is 7.11 Å². The second kappa shape index (κ2) is 5.19. The molecule has 1 saturated carbocycles. The number of rotatable bonds is 4. The quantitative estimate of drug-likeness (QED) is 0.804. The highest BCUT2D eigenvalue weighted by Crippen LogP contribution is 2.21. The normalized spacial score (nSPS) is 25.7. The summed E-state index contributed by atoms with van der Waals surface area (Å²) in [6.07, 6.45) is 7.48. The molecule has 1 aromatic heterocycles. The van der Waals surface area contributed by atoms with Crippen LogP contribution in [-0.4, -0.2) is 29.2 Å². The van der Waals surface area contributed by atoms with Gasteiger partial charge in [-0.1, -0.05) is 0 Å². The highest BCUT2D eigenvalue weighted by Gasteiger charge is 2.26. The monoisotopic (exact) mass is 207 g/mol. The molecule has 2 rings (SSSR count). The van der Waals surface area contributed by atoms with Gasteiger partial charge in [0.05, 0.1) is 12.6 Å². The summed E-state index contributed by atoms with van der Waals surface area (Å²) in [5.74, 6) is 0.847. The van der Waals surface area contributed by atoms with Crippen LogP contribution in [0.15, 0.2) is 18.5 Å². The van der Waals surface area contributed by atoms with E-state index < -0.39 is 0 Å². The SMILES string of the molecule is COC1CCCC1NCc1ncccn1. The van der Waals surface area contributed by atoms with E-state index >= 15 is 0 Å². The van der Waals surface area contributed by atoms with Gasteiger partial charge in [-0.2, -0.15) is 0 Å². The largest absolute Gasteiger partial charge is 0.380 e. The summed E-state index contributed by atoms with van der Waals surface area (Å²) >= 11 is 0. The lowest BCUT2D eigenvalue weighted by atomic mass is 10.2. The Balaban J connectivity index is 1.83. The van der Waals surface area contributed by atoms with Crippen LogP contribution in [0.4, 0.5) is 0 Å². The predicted molar refractivity (Wildman–Crippen MR) is 57.3 cm³/mol. The maximum absolute atomic E-state index is 5.41. The van der Waals surface area contributed by atoms with Crippen molar-refractivity contribution in [1.82, 2.24) is 15.3 Å². The molecule has 1 aliphatic carbocycles. The second-order valence-corrected chi connectivity index (χ2v) is 3.86. The Bertz CT molecular complexity index is 291. The second-order valence-electron chi connectivity index (χ2n) is 3.86. The first-order valence-corrected chi connectivity index (χ1v) is 5.42. The van der Waals surface area contributed by atoms with Crippen molar-refractivity contribution in [3.05, 3.63) is 24.3 Å². The van der Waals surface area contributed by atoms with Crippen LogP contribution in [0.2, 0.25) is 0 Å². The van der Waals surface area contributed by atoms with Crippen LogP contribution in [0.3, 0.4) is 0 Å². The first-order valence-electron chi connectivity index (χ1n) is 5.42. The third kappa shape index (κ3) is 2.73. The van der Waals surface area contributed by atoms with Crippen molar-refractivity contribution < 1.29 is 4.74 Å². The van der Waals surface area contributed by atoms with Gasteiger partial charge in [-0.3, -0.25) is 0 Å². The fourth-order valence-electron chi connectivity index (χ4n) is 2.09. The van der Waals surface area contributed by atoms with Gasteiger partial charge in [-0.25, -0.2) is 9.97 Å². The molecule has 1 aromatic rings. The van der Waals surface area contributed by atoms with Gasteiger partial charge in [0.2, 0.25) is 0 Å². The van der Waals surface area contributed by atoms with Crippen LogP contribution in [-0.2, 0) is 11.3 Å². The van der Waals surface area contributed by atoms with Gasteiger partial charge in [0.25, 0.3) is 0 Å². The fraction of sp³-hybridized carbons (Fsp3) is 0.636. The number of aromatic nitrogens is 2. The van der Waals surface area contributed by atoms with Crippen molar-refractivity contribution in [1.29, 1.82) is 0 Å². The van der Waals surface area contributed by atoms with Gasteiger partial charge < -0.3 is 10.1 Å². The van der Waals surface area contributed by atoms with Crippen molar-refractivity contribution in [3.63, 3.8) is 0 Å². The first kappa shape index (κ1) is 10.5. The summed E-state index contributed by atoms with van der Waals surface area (Å²) in [6, 6.07) is 2.29. The Morgan fingerprint density at radius 3 is 2.93 bits per heavy atom. The molecule has 1 N–H and O–H groups in total. The average molecular weight is 207 g/mol. The molecule has 2 atom stereocenters.